The average molecular weight is 316 g/mol. The molecule has 1 aromatic heterocycles. The van der Waals surface area contributed by atoms with Gasteiger partial charge in [0.2, 0.25) is 17.2 Å². The maximum Gasteiger partial charge on any atom is 0.231 e. The van der Waals surface area contributed by atoms with Gasteiger partial charge in [0.1, 0.15) is 12.2 Å². The van der Waals surface area contributed by atoms with Crippen LogP contribution >= 0.6 is 11.6 Å². The molecular weight excluding hydrogens is 294 g/mol. The van der Waals surface area contributed by atoms with E-state index in [-0.39, 0.29) is 17.5 Å². The van der Waals surface area contributed by atoms with Crippen LogP contribution in [0.5, 0.6) is 0 Å². The molecule has 0 amide bonds. The Kier molecular flexibility index (Phi) is 5.55. The van der Waals surface area contributed by atoms with Gasteiger partial charge in [-0.2, -0.15) is 15.0 Å². The summed E-state index contributed by atoms with van der Waals surface area (Å²) in [6.07, 6.45) is 0.00453. The monoisotopic (exact) mass is 315 g/mol. The Morgan fingerprint density at radius 2 is 1.67 bits per heavy atom. The van der Waals surface area contributed by atoms with Crippen molar-refractivity contribution in [3.8, 4) is 0 Å². The van der Waals surface area contributed by atoms with E-state index in [4.69, 9.17) is 21.1 Å². The van der Waals surface area contributed by atoms with Crippen LogP contribution in [-0.2, 0) is 9.47 Å². The molecule has 21 heavy (non-hydrogen) atoms. The van der Waals surface area contributed by atoms with Crippen molar-refractivity contribution >= 4 is 23.5 Å². The van der Waals surface area contributed by atoms with Crippen LogP contribution in [0.3, 0.4) is 0 Å². The van der Waals surface area contributed by atoms with Crippen molar-refractivity contribution in [2.45, 2.75) is 26.1 Å². The quantitative estimate of drug-likeness (QED) is 0.782. The number of anilines is 2. The minimum absolute atomic E-state index is 0.00226. The molecule has 0 bridgehead atoms. The zero-order valence-corrected chi connectivity index (χ0v) is 13.7. The van der Waals surface area contributed by atoms with Crippen molar-refractivity contribution in [1.29, 1.82) is 0 Å². The molecule has 7 nitrogen and oxygen atoms in total. The van der Waals surface area contributed by atoms with Gasteiger partial charge in [0.05, 0.1) is 0 Å². The molecule has 0 saturated carbocycles. The second kappa shape index (κ2) is 7.20. The molecule has 0 spiro atoms. The molecule has 8 heteroatoms. The fraction of sp³-hybridized carbons (Fsp3) is 0.769. The molecule has 1 aromatic rings. The maximum atomic E-state index is 6.05. The number of hydrogen-bond donors (Lipinski definition) is 0. The topological polar surface area (TPSA) is 63.6 Å². The predicted molar refractivity (Wildman–Crippen MR) is 82.2 cm³/mol. The highest BCUT2D eigenvalue weighted by Gasteiger charge is 2.34. The van der Waals surface area contributed by atoms with Gasteiger partial charge in [-0.3, -0.25) is 0 Å². The molecule has 0 radical (unpaired) electrons. The average Bonchev–Trinajstić information content (AvgIpc) is 2.91. The third kappa shape index (κ3) is 3.53. The van der Waals surface area contributed by atoms with E-state index in [0.29, 0.717) is 25.0 Å². The van der Waals surface area contributed by atoms with E-state index in [1.54, 1.807) is 14.2 Å². The fourth-order valence-corrected chi connectivity index (χ4v) is 2.63. The largest absolute Gasteiger partial charge is 0.377 e. The third-order valence-electron chi connectivity index (χ3n) is 3.73. The Labute approximate surface area is 130 Å². The first kappa shape index (κ1) is 16.2. The molecule has 2 heterocycles. The van der Waals surface area contributed by atoms with E-state index in [0.717, 1.165) is 13.1 Å². The van der Waals surface area contributed by atoms with Gasteiger partial charge in [0, 0.05) is 40.4 Å². The van der Waals surface area contributed by atoms with Crippen LogP contribution < -0.4 is 9.80 Å². The Hall–Kier alpha value is -1.18. The molecule has 0 N–H and O–H groups in total. The van der Waals surface area contributed by atoms with Crippen LogP contribution in [0.1, 0.15) is 13.8 Å². The van der Waals surface area contributed by atoms with E-state index in [9.17, 15) is 0 Å². The molecule has 2 atom stereocenters. The van der Waals surface area contributed by atoms with Crippen molar-refractivity contribution in [3.63, 3.8) is 0 Å². The molecule has 1 aliphatic heterocycles. The number of rotatable bonds is 6. The third-order valence-corrected chi connectivity index (χ3v) is 3.90. The van der Waals surface area contributed by atoms with Crippen molar-refractivity contribution in [2.75, 3.05) is 50.2 Å². The summed E-state index contributed by atoms with van der Waals surface area (Å²) >= 11 is 6.05. The number of methoxy groups -OCH3 is 2. The van der Waals surface area contributed by atoms with Gasteiger partial charge in [0.25, 0.3) is 0 Å². The lowest BCUT2D eigenvalue weighted by Gasteiger charge is -2.21. The summed E-state index contributed by atoms with van der Waals surface area (Å²) in [5, 5.41) is 0.205. The van der Waals surface area contributed by atoms with Gasteiger partial charge < -0.3 is 19.3 Å². The summed E-state index contributed by atoms with van der Waals surface area (Å²) in [5.41, 5.74) is 0. The number of ether oxygens (including phenoxy) is 2. The highest BCUT2D eigenvalue weighted by Crippen LogP contribution is 2.23. The molecule has 2 unspecified atom stereocenters. The Morgan fingerprint density at radius 1 is 1.10 bits per heavy atom. The lowest BCUT2D eigenvalue weighted by Crippen LogP contribution is -2.28. The Balaban J connectivity index is 2.24. The molecule has 2 rings (SSSR count). The molecule has 1 saturated heterocycles. The summed E-state index contributed by atoms with van der Waals surface area (Å²) in [6, 6.07) is 0. The van der Waals surface area contributed by atoms with Gasteiger partial charge in [0.15, 0.2) is 0 Å². The van der Waals surface area contributed by atoms with E-state index in [1.807, 2.05) is 9.80 Å². The van der Waals surface area contributed by atoms with Crippen LogP contribution in [-0.4, -0.2) is 67.6 Å². The normalized spacial score (nSPS) is 21.9. The zero-order valence-electron chi connectivity index (χ0n) is 12.9. The number of aromatic nitrogens is 3. The van der Waals surface area contributed by atoms with Crippen LogP contribution in [0.25, 0.3) is 0 Å². The molecule has 1 fully saturated rings. The van der Waals surface area contributed by atoms with Gasteiger partial charge in [-0.25, -0.2) is 0 Å². The molecule has 118 valence electrons. The van der Waals surface area contributed by atoms with Crippen LogP contribution in [0.15, 0.2) is 0 Å². The van der Waals surface area contributed by atoms with Crippen LogP contribution in [0.4, 0.5) is 11.9 Å². The first-order valence-electron chi connectivity index (χ1n) is 7.09. The first-order valence-corrected chi connectivity index (χ1v) is 7.47. The summed E-state index contributed by atoms with van der Waals surface area (Å²) in [6.45, 7) is 7.09. The maximum absolute atomic E-state index is 6.05. The van der Waals surface area contributed by atoms with E-state index in [2.05, 4.69) is 28.8 Å². The number of halogens is 1. The highest BCUT2D eigenvalue weighted by atomic mass is 35.5. The summed E-state index contributed by atoms with van der Waals surface area (Å²) in [7, 11) is 3.36. The summed E-state index contributed by atoms with van der Waals surface area (Å²) in [4.78, 5) is 17.0. The molecular formula is C13H22ClN5O2. The zero-order chi connectivity index (χ0) is 15.4. The standard InChI is InChI=1S/C13H22ClN5O2/c1-5-18(6-2)12-15-11(14)16-13(17-12)19-7-9(20-3)10(8-19)21-4/h9-10H,5-8H2,1-4H3. The van der Waals surface area contributed by atoms with Crippen LogP contribution in [0.2, 0.25) is 5.28 Å². The van der Waals surface area contributed by atoms with Crippen molar-refractivity contribution in [2.24, 2.45) is 0 Å². The SMILES string of the molecule is CCN(CC)c1nc(Cl)nc(N2CC(OC)C(OC)C2)n1. The predicted octanol–water partition coefficient (Wildman–Crippen LogP) is 1.22. The van der Waals surface area contributed by atoms with Crippen LogP contribution in [0, 0.1) is 0 Å². The highest BCUT2D eigenvalue weighted by molar-refractivity contribution is 6.28. The smallest absolute Gasteiger partial charge is 0.231 e. The van der Waals surface area contributed by atoms with Gasteiger partial charge in [-0.05, 0) is 25.4 Å². The summed E-state index contributed by atoms with van der Waals surface area (Å²) in [5.74, 6) is 1.17. The van der Waals surface area contributed by atoms with E-state index < -0.39 is 0 Å². The summed E-state index contributed by atoms with van der Waals surface area (Å²) < 4.78 is 10.9. The first-order chi connectivity index (χ1) is 10.1. The van der Waals surface area contributed by atoms with Crippen molar-refractivity contribution in [1.82, 2.24) is 15.0 Å². The van der Waals surface area contributed by atoms with Gasteiger partial charge in [-0.15, -0.1) is 0 Å². The van der Waals surface area contributed by atoms with E-state index in [1.165, 1.54) is 0 Å². The van der Waals surface area contributed by atoms with Crippen molar-refractivity contribution in [3.05, 3.63) is 5.28 Å². The lowest BCUT2D eigenvalue weighted by atomic mass is 10.3. The van der Waals surface area contributed by atoms with Gasteiger partial charge in [-0.1, -0.05) is 0 Å². The number of hydrogen-bond acceptors (Lipinski definition) is 7. The fourth-order valence-electron chi connectivity index (χ4n) is 2.48. The number of nitrogens with zero attached hydrogens (tertiary/aromatic N) is 5. The molecule has 0 aromatic carbocycles. The Morgan fingerprint density at radius 3 is 2.14 bits per heavy atom. The second-order valence-electron chi connectivity index (χ2n) is 4.83. The Bertz CT molecular complexity index is 460. The minimum atomic E-state index is 0.00226. The molecule has 1 aliphatic rings. The van der Waals surface area contributed by atoms with Crippen molar-refractivity contribution < 1.29 is 9.47 Å². The lowest BCUT2D eigenvalue weighted by molar-refractivity contribution is -0.00461. The minimum Gasteiger partial charge on any atom is -0.377 e. The second-order valence-corrected chi connectivity index (χ2v) is 5.17. The molecule has 0 aliphatic carbocycles. The van der Waals surface area contributed by atoms with Gasteiger partial charge >= 0.3 is 0 Å². The van der Waals surface area contributed by atoms with E-state index >= 15 is 0 Å².